The number of hydrogen-bond acceptors (Lipinski definition) is 4. The first-order valence-electron chi connectivity index (χ1n) is 8.34. The van der Waals surface area contributed by atoms with Crippen LogP contribution >= 0.6 is 0 Å². The molecule has 0 aliphatic carbocycles. The number of phenolic OH excluding ortho intramolecular Hbond substituents is 1. The highest BCUT2D eigenvalue weighted by molar-refractivity contribution is 5.97. The summed E-state index contributed by atoms with van der Waals surface area (Å²) in [6.45, 7) is 7.93. The third kappa shape index (κ3) is 4.99. The number of hydrazine groups is 1. The highest BCUT2D eigenvalue weighted by Gasteiger charge is 2.18. The Labute approximate surface area is 153 Å². The zero-order chi connectivity index (χ0) is 19.3. The lowest BCUT2D eigenvalue weighted by atomic mass is 9.87. The summed E-state index contributed by atoms with van der Waals surface area (Å²) in [4.78, 5) is 24.0. The van der Waals surface area contributed by atoms with Crippen molar-refractivity contribution in [3.8, 4) is 11.5 Å². The average Bonchev–Trinajstić information content (AvgIpc) is 2.59. The van der Waals surface area contributed by atoms with E-state index in [1.165, 1.54) is 12.1 Å². The fraction of sp³-hybridized carbons (Fsp3) is 0.300. The summed E-state index contributed by atoms with van der Waals surface area (Å²) >= 11 is 0. The second-order valence-electron chi connectivity index (χ2n) is 6.99. The van der Waals surface area contributed by atoms with E-state index in [4.69, 9.17) is 4.74 Å². The normalized spacial score (nSPS) is 12.2. The number of amides is 2. The van der Waals surface area contributed by atoms with E-state index in [2.05, 4.69) is 31.6 Å². The summed E-state index contributed by atoms with van der Waals surface area (Å²) in [6, 6.07) is 13.6. The molecule has 0 saturated carbocycles. The molecule has 0 unspecified atom stereocenters. The Morgan fingerprint density at radius 2 is 1.62 bits per heavy atom. The lowest BCUT2D eigenvalue weighted by molar-refractivity contribution is -0.128. The second kappa shape index (κ2) is 7.91. The van der Waals surface area contributed by atoms with Crippen molar-refractivity contribution in [2.45, 2.75) is 39.2 Å². The minimum absolute atomic E-state index is 0.0365. The molecule has 0 radical (unpaired) electrons. The number of rotatable bonds is 4. The molecule has 0 spiro atoms. The number of nitrogens with one attached hydrogen (secondary N) is 2. The molecule has 26 heavy (non-hydrogen) atoms. The minimum atomic E-state index is -0.805. The first kappa shape index (κ1) is 19.3. The zero-order valence-corrected chi connectivity index (χ0v) is 15.4. The number of hydrogen-bond donors (Lipinski definition) is 3. The van der Waals surface area contributed by atoms with Gasteiger partial charge in [0.15, 0.2) is 6.10 Å². The van der Waals surface area contributed by atoms with Gasteiger partial charge in [-0.15, -0.1) is 0 Å². The number of para-hydroxylation sites is 1. The summed E-state index contributed by atoms with van der Waals surface area (Å²) in [5.74, 6) is -0.720. The molecule has 0 aromatic heterocycles. The number of carbonyl (C=O) groups is 2. The number of aromatic hydroxyl groups is 1. The SMILES string of the molecule is C[C@H](Oc1ccc(C(C)(C)C)cc1)C(=O)NNC(=O)c1ccccc1O. The molecule has 0 aliphatic heterocycles. The predicted octanol–water partition coefficient (Wildman–Crippen LogP) is 2.92. The molecule has 6 nitrogen and oxygen atoms in total. The van der Waals surface area contributed by atoms with E-state index in [1.807, 2.05) is 24.3 Å². The van der Waals surface area contributed by atoms with Crippen molar-refractivity contribution in [3.63, 3.8) is 0 Å². The van der Waals surface area contributed by atoms with Crippen LogP contribution in [0.4, 0.5) is 0 Å². The molecule has 6 heteroatoms. The van der Waals surface area contributed by atoms with Crippen molar-refractivity contribution in [2.75, 3.05) is 0 Å². The van der Waals surface area contributed by atoms with Gasteiger partial charge in [0.25, 0.3) is 11.8 Å². The molecular weight excluding hydrogens is 332 g/mol. The van der Waals surface area contributed by atoms with Gasteiger partial charge in [-0.1, -0.05) is 45.0 Å². The third-order valence-electron chi connectivity index (χ3n) is 3.85. The predicted molar refractivity (Wildman–Crippen MR) is 98.9 cm³/mol. The van der Waals surface area contributed by atoms with Crippen molar-refractivity contribution < 1.29 is 19.4 Å². The van der Waals surface area contributed by atoms with Crippen molar-refractivity contribution in [3.05, 3.63) is 59.7 Å². The molecule has 1 atom stereocenters. The molecule has 0 heterocycles. The highest BCUT2D eigenvalue weighted by Crippen LogP contribution is 2.24. The minimum Gasteiger partial charge on any atom is -0.507 e. The number of carbonyl (C=O) groups excluding carboxylic acids is 2. The fourth-order valence-electron chi connectivity index (χ4n) is 2.24. The molecule has 0 bridgehead atoms. The van der Waals surface area contributed by atoms with Crippen LogP contribution in [0.2, 0.25) is 0 Å². The molecule has 2 aromatic carbocycles. The van der Waals surface area contributed by atoms with Gasteiger partial charge in [-0.2, -0.15) is 0 Å². The Hall–Kier alpha value is -3.02. The monoisotopic (exact) mass is 356 g/mol. The van der Waals surface area contributed by atoms with Crippen molar-refractivity contribution in [1.29, 1.82) is 0 Å². The Morgan fingerprint density at radius 3 is 2.19 bits per heavy atom. The van der Waals surface area contributed by atoms with Crippen LogP contribution in [0.1, 0.15) is 43.6 Å². The molecule has 0 aliphatic rings. The van der Waals surface area contributed by atoms with Crippen molar-refractivity contribution in [1.82, 2.24) is 10.9 Å². The first-order chi connectivity index (χ1) is 12.2. The molecule has 0 fully saturated rings. The summed E-state index contributed by atoms with van der Waals surface area (Å²) in [5, 5.41) is 9.63. The summed E-state index contributed by atoms with van der Waals surface area (Å²) in [6.07, 6.45) is -0.805. The summed E-state index contributed by atoms with van der Waals surface area (Å²) in [5.41, 5.74) is 5.81. The largest absolute Gasteiger partial charge is 0.507 e. The van der Waals surface area contributed by atoms with Crippen LogP contribution < -0.4 is 15.6 Å². The first-order valence-corrected chi connectivity index (χ1v) is 8.34. The van der Waals surface area contributed by atoms with Crippen molar-refractivity contribution in [2.24, 2.45) is 0 Å². The van der Waals surface area contributed by atoms with E-state index in [9.17, 15) is 14.7 Å². The van der Waals surface area contributed by atoms with Crippen LogP contribution in [0.3, 0.4) is 0 Å². The van der Waals surface area contributed by atoms with E-state index in [0.29, 0.717) is 5.75 Å². The zero-order valence-electron chi connectivity index (χ0n) is 15.4. The van der Waals surface area contributed by atoms with Gasteiger partial charge in [-0.25, -0.2) is 0 Å². The van der Waals surface area contributed by atoms with Gasteiger partial charge in [0.2, 0.25) is 0 Å². The molecular formula is C20H24N2O4. The standard InChI is InChI=1S/C20H24N2O4/c1-13(26-15-11-9-14(10-12-15)20(2,3)4)18(24)21-22-19(25)16-7-5-6-8-17(16)23/h5-13,23H,1-4H3,(H,21,24)(H,22,25)/t13-/m0/s1. The number of phenols is 1. The topological polar surface area (TPSA) is 87.7 Å². The van der Waals surface area contributed by atoms with Gasteiger partial charge < -0.3 is 9.84 Å². The average molecular weight is 356 g/mol. The lowest BCUT2D eigenvalue weighted by Crippen LogP contribution is -2.47. The molecule has 0 saturated heterocycles. The smallest absolute Gasteiger partial charge is 0.279 e. The summed E-state index contributed by atoms with van der Waals surface area (Å²) in [7, 11) is 0. The maximum atomic E-state index is 12.1. The van der Waals surface area contributed by atoms with Crippen LogP contribution in [-0.2, 0) is 10.2 Å². The fourth-order valence-corrected chi connectivity index (χ4v) is 2.24. The van der Waals surface area contributed by atoms with E-state index in [1.54, 1.807) is 19.1 Å². The Bertz CT molecular complexity index is 779. The van der Waals surface area contributed by atoms with Crippen LogP contribution in [0, 0.1) is 0 Å². The number of ether oxygens (including phenoxy) is 1. The van der Waals surface area contributed by atoms with Gasteiger partial charge >= 0.3 is 0 Å². The molecule has 2 aromatic rings. The Kier molecular flexibility index (Phi) is 5.87. The molecule has 138 valence electrons. The van der Waals surface area contributed by atoms with Crippen molar-refractivity contribution >= 4 is 11.8 Å². The van der Waals surface area contributed by atoms with Crippen LogP contribution in [0.15, 0.2) is 48.5 Å². The lowest BCUT2D eigenvalue weighted by Gasteiger charge is -2.20. The van der Waals surface area contributed by atoms with Gasteiger partial charge in [-0.05, 0) is 42.2 Å². The van der Waals surface area contributed by atoms with Crippen LogP contribution in [-0.4, -0.2) is 23.0 Å². The number of benzene rings is 2. The van der Waals surface area contributed by atoms with Crippen LogP contribution in [0.5, 0.6) is 11.5 Å². The maximum absolute atomic E-state index is 12.1. The van der Waals surface area contributed by atoms with Gasteiger partial charge in [-0.3, -0.25) is 20.4 Å². The maximum Gasteiger partial charge on any atom is 0.279 e. The quantitative estimate of drug-likeness (QED) is 0.735. The Morgan fingerprint density at radius 1 is 1.00 bits per heavy atom. The van der Waals surface area contributed by atoms with Crippen LogP contribution in [0.25, 0.3) is 0 Å². The van der Waals surface area contributed by atoms with Gasteiger partial charge in [0.05, 0.1) is 5.56 Å². The van der Waals surface area contributed by atoms with E-state index < -0.39 is 17.9 Å². The highest BCUT2D eigenvalue weighted by atomic mass is 16.5. The molecule has 2 amide bonds. The molecule has 3 N–H and O–H groups in total. The molecule has 2 rings (SSSR count). The van der Waals surface area contributed by atoms with E-state index in [-0.39, 0.29) is 16.7 Å². The van der Waals surface area contributed by atoms with E-state index >= 15 is 0 Å². The van der Waals surface area contributed by atoms with E-state index in [0.717, 1.165) is 5.56 Å². The Balaban J connectivity index is 1.89. The van der Waals surface area contributed by atoms with Gasteiger partial charge in [0.1, 0.15) is 11.5 Å². The third-order valence-corrected chi connectivity index (χ3v) is 3.85. The summed E-state index contributed by atoms with van der Waals surface area (Å²) < 4.78 is 5.59. The van der Waals surface area contributed by atoms with Gasteiger partial charge in [0, 0.05) is 0 Å². The second-order valence-corrected chi connectivity index (χ2v) is 6.99.